The number of para-hydroxylation sites is 1. The van der Waals surface area contributed by atoms with Crippen LogP contribution < -0.4 is 5.32 Å². The number of esters is 1. The first kappa shape index (κ1) is 18.7. The fourth-order valence-corrected chi connectivity index (χ4v) is 2.54. The van der Waals surface area contributed by atoms with Gasteiger partial charge in [-0.1, -0.05) is 37.2 Å². The van der Waals surface area contributed by atoms with Crippen LogP contribution >= 0.6 is 0 Å². The molecule has 0 aliphatic carbocycles. The predicted octanol–water partition coefficient (Wildman–Crippen LogP) is 3.99. The van der Waals surface area contributed by atoms with E-state index in [2.05, 4.69) is 24.3 Å². The molecule has 0 fully saturated rings. The first-order chi connectivity index (χ1) is 11.8. The highest BCUT2D eigenvalue weighted by Gasteiger charge is 2.24. The standard InChI is InChI=1S/C19H24N2O4/c1-6-11(2)15-9-7-8-10-16(15)20-18(22)14(5)24-19(23)17-12(3)21-25-13(17)4/h7-11,14H,6H2,1-5H3,(H,20,22). The Balaban J connectivity index is 2.08. The van der Waals surface area contributed by atoms with Crippen molar-refractivity contribution in [3.8, 4) is 0 Å². The van der Waals surface area contributed by atoms with E-state index in [1.807, 2.05) is 24.3 Å². The van der Waals surface area contributed by atoms with Gasteiger partial charge in [0.1, 0.15) is 11.3 Å². The molecule has 0 radical (unpaired) electrons. The number of rotatable bonds is 6. The van der Waals surface area contributed by atoms with Gasteiger partial charge in [0.15, 0.2) is 6.10 Å². The van der Waals surface area contributed by atoms with Gasteiger partial charge in [0.2, 0.25) is 0 Å². The Morgan fingerprint density at radius 3 is 2.52 bits per heavy atom. The lowest BCUT2D eigenvalue weighted by Gasteiger charge is -2.18. The van der Waals surface area contributed by atoms with Gasteiger partial charge in [0.05, 0.1) is 5.69 Å². The van der Waals surface area contributed by atoms with E-state index in [0.717, 1.165) is 17.7 Å². The quantitative estimate of drug-likeness (QED) is 0.801. The van der Waals surface area contributed by atoms with Crippen LogP contribution in [0.15, 0.2) is 28.8 Å². The average Bonchev–Trinajstić information content (AvgIpc) is 2.93. The Hall–Kier alpha value is -2.63. The Morgan fingerprint density at radius 1 is 1.24 bits per heavy atom. The first-order valence-corrected chi connectivity index (χ1v) is 8.38. The number of carbonyl (C=O) groups is 2. The minimum absolute atomic E-state index is 0.264. The van der Waals surface area contributed by atoms with Gasteiger partial charge in [-0.2, -0.15) is 0 Å². The largest absolute Gasteiger partial charge is 0.449 e. The third-order valence-electron chi connectivity index (χ3n) is 4.25. The summed E-state index contributed by atoms with van der Waals surface area (Å²) in [5.74, 6) is -0.307. The summed E-state index contributed by atoms with van der Waals surface area (Å²) in [6.45, 7) is 9.02. The van der Waals surface area contributed by atoms with E-state index in [-0.39, 0.29) is 11.5 Å². The Labute approximate surface area is 147 Å². The van der Waals surface area contributed by atoms with Gasteiger partial charge in [-0.05, 0) is 44.7 Å². The molecule has 0 saturated carbocycles. The fourth-order valence-electron chi connectivity index (χ4n) is 2.54. The highest BCUT2D eigenvalue weighted by Crippen LogP contribution is 2.26. The smallest absolute Gasteiger partial charge is 0.344 e. The summed E-state index contributed by atoms with van der Waals surface area (Å²) in [6, 6.07) is 7.65. The molecule has 6 nitrogen and oxygen atoms in total. The minimum Gasteiger partial charge on any atom is -0.449 e. The second-order valence-electron chi connectivity index (χ2n) is 6.13. The molecule has 6 heteroatoms. The third-order valence-corrected chi connectivity index (χ3v) is 4.25. The number of nitrogens with zero attached hydrogens (tertiary/aromatic N) is 1. The molecule has 0 bridgehead atoms. The molecule has 1 heterocycles. The molecule has 25 heavy (non-hydrogen) atoms. The lowest BCUT2D eigenvalue weighted by atomic mass is 9.97. The number of ether oxygens (including phenoxy) is 1. The maximum absolute atomic E-state index is 12.4. The van der Waals surface area contributed by atoms with E-state index in [4.69, 9.17) is 9.26 Å². The number of carbonyl (C=O) groups excluding carboxylic acids is 2. The van der Waals surface area contributed by atoms with Crippen molar-refractivity contribution in [2.45, 2.75) is 53.1 Å². The summed E-state index contributed by atoms with van der Waals surface area (Å²) in [6.07, 6.45) is 0.0231. The van der Waals surface area contributed by atoms with E-state index >= 15 is 0 Å². The van der Waals surface area contributed by atoms with Crippen molar-refractivity contribution in [2.75, 3.05) is 5.32 Å². The zero-order chi connectivity index (χ0) is 18.6. The molecule has 1 aromatic carbocycles. The Bertz CT molecular complexity index is 747. The van der Waals surface area contributed by atoms with E-state index < -0.39 is 12.1 Å². The van der Waals surface area contributed by atoms with Crippen LogP contribution in [-0.4, -0.2) is 23.1 Å². The van der Waals surface area contributed by atoms with Crippen LogP contribution in [0.2, 0.25) is 0 Å². The predicted molar refractivity (Wildman–Crippen MR) is 94.6 cm³/mol. The number of aromatic nitrogens is 1. The molecule has 1 aromatic heterocycles. The zero-order valence-corrected chi connectivity index (χ0v) is 15.3. The highest BCUT2D eigenvalue weighted by atomic mass is 16.5. The summed E-state index contributed by atoms with van der Waals surface area (Å²) in [4.78, 5) is 24.7. The van der Waals surface area contributed by atoms with Gasteiger partial charge in [-0.3, -0.25) is 4.79 Å². The highest BCUT2D eigenvalue weighted by molar-refractivity contribution is 5.98. The molecule has 0 saturated heterocycles. The molecule has 2 atom stereocenters. The number of anilines is 1. The number of amides is 1. The van der Waals surface area contributed by atoms with Crippen LogP contribution in [0.1, 0.15) is 60.5 Å². The molecule has 2 aromatic rings. The molecular weight excluding hydrogens is 320 g/mol. The lowest BCUT2D eigenvalue weighted by molar-refractivity contribution is -0.123. The van der Waals surface area contributed by atoms with Gasteiger partial charge in [0.25, 0.3) is 5.91 Å². The van der Waals surface area contributed by atoms with E-state index in [1.54, 1.807) is 13.8 Å². The molecule has 1 N–H and O–H groups in total. The number of hydrogen-bond acceptors (Lipinski definition) is 5. The molecule has 0 aliphatic rings. The van der Waals surface area contributed by atoms with Gasteiger partial charge >= 0.3 is 5.97 Å². The topological polar surface area (TPSA) is 81.4 Å². The summed E-state index contributed by atoms with van der Waals surface area (Å²) >= 11 is 0. The number of hydrogen-bond donors (Lipinski definition) is 1. The Kier molecular flexibility index (Phi) is 5.96. The van der Waals surface area contributed by atoms with Gasteiger partial charge in [-0.25, -0.2) is 4.79 Å². The summed E-state index contributed by atoms with van der Waals surface area (Å²) < 4.78 is 10.2. The van der Waals surface area contributed by atoms with E-state index in [9.17, 15) is 9.59 Å². The number of nitrogens with one attached hydrogen (secondary N) is 1. The summed E-state index contributed by atoms with van der Waals surface area (Å²) in [7, 11) is 0. The van der Waals surface area contributed by atoms with Crippen molar-refractivity contribution < 1.29 is 18.8 Å². The molecule has 0 spiro atoms. The average molecular weight is 344 g/mol. The van der Waals surface area contributed by atoms with Crippen molar-refractivity contribution in [2.24, 2.45) is 0 Å². The molecule has 0 aliphatic heterocycles. The molecular formula is C19H24N2O4. The van der Waals surface area contributed by atoms with Crippen molar-refractivity contribution in [3.63, 3.8) is 0 Å². The Morgan fingerprint density at radius 2 is 1.92 bits per heavy atom. The van der Waals surface area contributed by atoms with Crippen LogP contribution in [0.3, 0.4) is 0 Å². The number of benzene rings is 1. The fraction of sp³-hybridized carbons (Fsp3) is 0.421. The van der Waals surface area contributed by atoms with Crippen molar-refractivity contribution >= 4 is 17.6 Å². The van der Waals surface area contributed by atoms with Crippen LogP contribution in [0.5, 0.6) is 0 Å². The van der Waals surface area contributed by atoms with Crippen LogP contribution in [0, 0.1) is 13.8 Å². The molecule has 1 amide bonds. The summed E-state index contributed by atoms with van der Waals surface area (Å²) in [5, 5.41) is 6.57. The third kappa shape index (κ3) is 4.26. The second kappa shape index (κ2) is 7.96. The zero-order valence-electron chi connectivity index (χ0n) is 15.3. The maximum Gasteiger partial charge on any atom is 0.344 e. The lowest BCUT2D eigenvalue weighted by Crippen LogP contribution is -2.30. The van der Waals surface area contributed by atoms with Crippen molar-refractivity contribution in [3.05, 3.63) is 46.8 Å². The van der Waals surface area contributed by atoms with Crippen molar-refractivity contribution in [1.82, 2.24) is 5.16 Å². The van der Waals surface area contributed by atoms with Crippen molar-refractivity contribution in [1.29, 1.82) is 0 Å². The van der Waals surface area contributed by atoms with Crippen LogP contribution in [0.4, 0.5) is 5.69 Å². The normalized spacial score (nSPS) is 13.2. The second-order valence-corrected chi connectivity index (χ2v) is 6.13. The monoisotopic (exact) mass is 344 g/mol. The first-order valence-electron chi connectivity index (χ1n) is 8.38. The molecule has 2 rings (SSSR count). The van der Waals surface area contributed by atoms with E-state index in [1.165, 1.54) is 6.92 Å². The summed E-state index contributed by atoms with van der Waals surface area (Å²) in [5.41, 5.74) is 2.50. The minimum atomic E-state index is -0.939. The molecule has 134 valence electrons. The SMILES string of the molecule is CCC(C)c1ccccc1NC(=O)C(C)OC(=O)c1c(C)noc1C. The van der Waals surface area contributed by atoms with Gasteiger partial charge in [0, 0.05) is 5.69 Å². The molecule has 2 unspecified atom stereocenters. The number of aryl methyl sites for hydroxylation is 2. The van der Waals surface area contributed by atoms with E-state index in [0.29, 0.717) is 17.4 Å². The van der Waals surface area contributed by atoms with Crippen LogP contribution in [-0.2, 0) is 9.53 Å². The van der Waals surface area contributed by atoms with Crippen LogP contribution in [0.25, 0.3) is 0 Å². The maximum atomic E-state index is 12.4. The van der Waals surface area contributed by atoms with Gasteiger partial charge < -0.3 is 14.6 Å². The van der Waals surface area contributed by atoms with Gasteiger partial charge in [-0.15, -0.1) is 0 Å².